The van der Waals surface area contributed by atoms with Crippen LogP contribution in [0.3, 0.4) is 0 Å². The summed E-state index contributed by atoms with van der Waals surface area (Å²) >= 11 is 0. The number of Topliss-reactive ketones (excluding diaryl/α,β-unsaturated/α-hetero) is 2. The highest BCUT2D eigenvalue weighted by atomic mass is 16.6. The van der Waals surface area contributed by atoms with Crippen LogP contribution in [0.15, 0.2) is 59.1 Å². The lowest BCUT2D eigenvalue weighted by Crippen LogP contribution is -2.30. The summed E-state index contributed by atoms with van der Waals surface area (Å²) in [6.45, 7) is 10.1. The largest absolute Gasteiger partial charge is 0.471 e. The van der Waals surface area contributed by atoms with Crippen molar-refractivity contribution in [1.82, 2.24) is 0 Å². The second-order valence-corrected chi connectivity index (χ2v) is 8.72. The van der Waals surface area contributed by atoms with Crippen molar-refractivity contribution in [3.05, 3.63) is 59.1 Å². The zero-order chi connectivity index (χ0) is 23.8. The second kappa shape index (κ2) is 11.7. The van der Waals surface area contributed by atoms with Gasteiger partial charge in [0, 0.05) is 5.92 Å². The molecule has 0 aromatic carbocycles. The summed E-state index contributed by atoms with van der Waals surface area (Å²) < 4.78 is 10.5. The fraction of sp³-hybridized carbons (Fsp3) is 0.500. The molecular formula is C26H35NO5. The number of hydrogen-bond acceptors (Lipinski definition) is 6. The summed E-state index contributed by atoms with van der Waals surface area (Å²) in [5.74, 6) is -1.99. The molecule has 0 aliphatic carbocycles. The van der Waals surface area contributed by atoms with Gasteiger partial charge < -0.3 is 15.2 Å². The Labute approximate surface area is 190 Å². The average Bonchev–Trinajstić information content (AvgIpc) is 3.20. The Hall–Kier alpha value is -2.89. The molecule has 2 rings (SSSR count). The molecule has 2 aliphatic heterocycles. The fourth-order valence-corrected chi connectivity index (χ4v) is 3.92. The number of hydrogen-bond donors (Lipinski definition) is 1. The summed E-state index contributed by atoms with van der Waals surface area (Å²) in [7, 11) is 0. The first-order valence-electron chi connectivity index (χ1n) is 11.3. The maximum absolute atomic E-state index is 12.7. The number of esters is 1. The zero-order valence-electron chi connectivity index (χ0n) is 19.7. The lowest BCUT2D eigenvalue weighted by molar-refractivity contribution is -0.142. The number of allylic oxidation sites excluding steroid dienone is 8. The lowest BCUT2D eigenvalue weighted by Gasteiger charge is -2.11. The van der Waals surface area contributed by atoms with E-state index in [0.29, 0.717) is 12.3 Å². The summed E-state index contributed by atoms with van der Waals surface area (Å²) in [6, 6.07) is 0. The molecular weight excluding hydrogens is 406 g/mol. The van der Waals surface area contributed by atoms with E-state index >= 15 is 0 Å². The van der Waals surface area contributed by atoms with Gasteiger partial charge in [-0.3, -0.25) is 14.4 Å². The van der Waals surface area contributed by atoms with Gasteiger partial charge in [0.15, 0.2) is 18.1 Å². The van der Waals surface area contributed by atoms with Crippen LogP contribution in [0.1, 0.15) is 60.3 Å². The number of rotatable bonds is 11. The summed E-state index contributed by atoms with van der Waals surface area (Å²) in [5.41, 5.74) is 8.18. The van der Waals surface area contributed by atoms with Crippen LogP contribution in [0.4, 0.5) is 0 Å². The van der Waals surface area contributed by atoms with Crippen LogP contribution in [0.5, 0.6) is 0 Å². The number of fused-ring (bicyclic) bond motifs is 1. The van der Waals surface area contributed by atoms with E-state index in [0.717, 1.165) is 18.4 Å². The molecule has 0 aromatic rings. The molecule has 0 radical (unpaired) electrons. The molecule has 0 spiro atoms. The van der Waals surface area contributed by atoms with Crippen molar-refractivity contribution in [2.45, 2.75) is 72.5 Å². The van der Waals surface area contributed by atoms with Crippen LogP contribution < -0.4 is 5.73 Å². The second-order valence-electron chi connectivity index (χ2n) is 8.72. The van der Waals surface area contributed by atoms with Gasteiger partial charge in [-0.15, -0.1) is 0 Å². The quantitative estimate of drug-likeness (QED) is 0.289. The topological polar surface area (TPSA) is 95.7 Å². The van der Waals surface area contributed by atoms with Crippen LogP contribution in [-0.4, -0.2) is 29.7 Å². The van der Waals surface area contributed by atoms with E-state index in [-0.39, 0.29) is 17.9 Å². The molecule has 0 saturated carbocycles. The van der Waals surface area contributed by atoms with Gasteiger partial charge in [0.2, 0.25) is 11.6 Å². The Morgan fingerprint density at radius 2 is 1.91 bits per heavy atom. The van der Waals surface area contributed by atoms with E-state index in [4.69, 9.17) is 15.2 Å². The first-order valence-corrected chi connectivity index (χ1v) is 11.3. The minimum atomic E-state index is -0.872. The first-order chi connectivity index (χ1) is 15.1. The van der Waals surface area contributed by atoms with Gasteiger partial charge >= 0.3 is 5.97 Å². The standard InChI is InChI=1S/C26H35NO5/c1-6-7-8-10-16(2)13-18(4)14-17(3)11-9-12-19(5)23(29)24(30)22-25-20(31-26(22)27)15-21(28)32-25/h7-11,14,18-20,25H,6,12-13,15,27H2,1-5H3. The van der Waals surface area contributed by atoms with E-state index < -0.39 is 35.7 Å². The highest BCUT2D eigenvalue weighted by Crippen LogP contribution is 2.34. The number of nitrogens with two attached hydrogens (primary N) is 1. The van der Waals surface area contributed by atoms with Crippen LogP contribution >= 0.6 is 0 Å². The molecule has 4 unspecified atom stereocenters. The Kier molecular flexibility index (Phi) is 9.24. The smallest absolute Gasteiger partial charge is 0.310 e. The molecule has 174 valence electrons. The van der Waals surface area contributed by atoms with E-state index in [1.54, 1.807) is 6.92 Å². The lowest BCUT2D eigenvalue weighted by atomic mass is 9.92. The Morgan fingerprint density at radius 3 is 2.59 bits per heavy atom. The maximum atomic E-state index is 12.7. The van der Waals surface area contributed by atoms with Gasteiger partial charge in [-0.1, -0.05) is 68.4 Å². The zero-order valence-corrected chi connectivity index (χ0v) is 19.7. The first kappa shape index (κ1) is 25.4. The van der Waals surface area contributed by atoms with Gasteiger partial charge in [0.05, 0.1) is 6.42 Å². The van der Waals surface area contributed by atoms with E-state index in [2.05, 4.69) is 45.1 Å². The highest BCUT2D eigenvalue weighted by molar-refractivity contribution is 6.44. The molecule has 0 amide bonds. The number of ketones is 2. The van der Waals surface area contributed by atoms with Crippen molar-refractivity contribution in [3.8, 4) is 0 Å². The predicted octanol–water partition coefficient (Wildman–Crippen LogP) is 4.48. The highest BCUT2D eigenvalue weighted by Gasteiger charge is 2.49. The normalized spacial score (nSPS) is 23.5. The van der Waals surface area contributed by atoms with Gasteiger partial charge in [-0.05, 0) is 39.0 Å². The molecule has 2 N–H and O–H groups in total. The number of ether oxygens (including phenoxy) is 2. The van der Waals surface area contributed by atoms with E-state index in [1.807, 2.05) is 19.1 Å². The van der Waals surface area contributed by atoms with Gasteiger partial charge in [-0.2, -0.15) is 0 Å². The molecule has 4 atom stereocenters. The monoisotopic (exact) mass is 441 g/mol. The molecule has 1 fully saturated rings. The average molecular weight is 442 g/mol. The van der Waals surface area contributed by atoms with E-state index in [1.165, 1.54) is 5.57 Å². The summed E-state index contributed by atoms with van der Waals surface area (Å²) in [4.78, 5) is 36.8. The van der Waals surface area contributed by atoms with Crippen molar-refractivity contribution >= 4 is 17.5 Å². The van der Waals surface area contributed by atoms with Gasteiger partial charge in [0.25, 0.3) is 0 Å². The third kappa shape index (κ3) is 6.81. The predicted molar refractivity (Wildman–Crippen MR) is 124 cm³/mol. The minimum absolute atomic E-state index is 0.0243. The molecule has 6 heteroatoms. The van der Waals surface area contributed by atoms with Crippen molar-refractivity contribution in [2.75, 3.05) is 0 Å². The van der Waals surface area contributed by atoms with Crippen LogP contribution in [0.2, 0.25) is 0 Å². The van der Waals surface area contributed by atoms with Crippen LogP contribution in [-0.2, 0) is 23.9 Å². The number of carbonyl (C=O) groups excluding carboxylic acids is 3. The third-order valence-electron chi connectivity index (χ3n) is 5.52. The molecule has 0 aromatic heterocycles. The Bertz CT molecular complexity index is 890. The molecule has 32 heavy (non-hydrogen) atoms. The summed E-state index contributed by atoms with van der Waals surface area (Å²) in [6.07, 6.45) is 13.4. The van der Waals surface area contributed by atoms with Gasteiger partial charge in [-0.25, -0.2) is 0 Å². The van der Waals surface area contributed by atoms with Crippen molar-refractivity contribution in [3.63, 3.8) is 0 Å². The molecule has 0 bridgehead atoms. The Balaban J connectivity index is 1.89. The number of carbonyl (C=O) groups is 3. The van der Waals surface area contributed by atoms with Crippen LogP contribution in [0.25, 0.3) is 0 Å². The third-order valence-corrected chi connectivity index (χ3v) is 5.52. The van der Waals surface area contributed by atoms with Crippen LogP contribution in [0, 0.1) is 11.8 Å². The molecule has 6 nitrogen and oxygen atoms in total. The van der Waals surface area contributed by atoms with Gasteiger partial charge in [0.1, 0.15) is 5.57 Å². The van der Waals surface area contributed by atoms with Crippen molar-refractivity contribution in [1.29, 1.82) is 0 Å². The van der Waals surface area contributed by atoms with E-state index in [9.17, 15) is 14.4 Å². The maximum Gasteiger partial charge on any atom is 0.310 e. The summed E-state index contributed by atoms with van der Waals surface area (Å²) in [5, 5.41) is 0. The molecule has 2 aliphatic rings. The Morgan fingerprint density at radius 1 is 1.19 bits per heavy atom. The molecule has 1 saturated heterocycles. The fourth-order valence-electron chi connectivity index (χ4n) is 3.92. The minimum Gasteiger partial charge on any atom is -0.471 e. The van der Waals surface area contributed by atoms with Crippen molar-refractivity contribution in [2.24, 2.45) is 17.6 Å². The van der Waals surface area contributed by atoms with Crippen molar-refractivity contribution < 1.29 is 23.9 Å². The SMILES string of the molecule is CCC=CC=C(C)CC(C)C=C(C)C=CCC(C)C(=O)C(=O)C1=C(N)OC2CC(=O)OC12. The molecule has 2 heterocycles.